The predicted molar refractivity (Wildman–Crippen MR) is 75.7 cm³/mol. The molecule has 18 heavy (non-hydrogen) atoms. The van der Waals surface area contributed by atoms with Gasteiger partial charge in [-0.05, 0) is 34.2 Å². The fraction of sp³-hybridized carbons (Fsp3) is 1.00. The monoisotopic (exact) mass is 296 g/mol. The molecule has 0 aromatic rings. The van der Waals surface area contributed by atoms with Crippen LogP contribution in [0.3, 0.4) is 0 Å². The van der Waals surface area contributed by atoms with Crippen molar-refractivity contribution in [1.29, 1.82) is 0 Å². The van der Waals surface area contributed by atoms with Crippen molar-refractivity contribution in [3.8, 4) is 0 Å². The van der Waals surface area contributed by atoms with Crippen molar-refractivity contribution in [3.63, 3.8) is 0 Å². The fourth-order valence-electron chi connectivity index (χ4n) is 1.65. The Labute approximate surface area is 113 Å². The Morgan fingerprint density at radius 3 is 1.33 bits per heavy atom. The largest absolute Gasteiger partial charge is 0.497 e. The third kappa shape index (κ3) is 6.98. The molecular formula is C11H28O5Si2. The molecule has 0 atom stereocenters. The minimum absolute atomic E-state index is 0.442. The van der Waals surface area contributed by atoms with E-state index in [0.29, 0.717) is 32.7 Å². The Balaban J connectivity index is 4.44. The smallest absolute Gasteiger partial charge is 0.393 e. The molecule has 110 valence electrons. The van der Waals surface area contributed by atoms with Crippen molar-refractivity contribution in [2.45, 2.75) is 40.8 Å². The molecule has 0 spiro atoms. The van der Waals surface area contributed by atoms with E-state index in [1.807, 2.05) is 40.8 Å². The zero-order valence-corrected chi connectivity index (χ0v) is 14.6. The summed E-state index contributed by atoms with van der Waals surface area (Å²) in [6, 6.07) is 0. The molecule has 7 heteroatoms. The molecule has 0 saturated heterocycles. The van der Waals surface area contributed by atoms with Gasteiger partial charge in [-0.2, -0.15) is 0 Å². The summed E-state index contributed by atoms with van der Waals surface area (Å²) in [5, 5.41) is 0. The molecule has 0 amide bonds. The van der Waals surface area contributed by atoms with Crippen molar-refractivity contribution >= 4 is 17.4 Å². The minimum Gasteiger partial charge on any atom is -0.393 e. The molecule has 0 aliphatic rings. The van der Waals surface area contributed by atoms with E-state index in [0.717, 1.165) is 0 Å². The van der Waals surface area contributed by atoms with E-state index in [2.05, 4.69) is 0 Å². The molecule has 0 rings (SSSR count). The fourth-order valence-corrected chi connectivity index (χ4v) is 6.51. The van der Waals surface area contributed by atoms with Crippen molar-refractivity contribution < 1.29 is 22.1 Å². The first-order chi connectivity index (χ1) is 8.45. The van der Waals surface area contributed by atoms with E-state index in [1.54, 1.807) is 0 Å². The normalized spacial score (nSPS) is 13.0. The first-order valence-electron chi connectivity index (χ1n) is 6.65. The Hall–Kier alpha value is 0.234. The Morgan fingerprint density at radius 2 is 1.00 bits per heavy atom. The van der Waals surface area contributed by atoms with E-state index >= 15 is 0 Å². The quantitative estimate of drug-likeness (QED) is 0.548. The topological polar surface area (TPSA) is 46.2 Å². The van der Waals surface area contributed by atoms with Crippen LogP contribution >= 0.6 is 0 Å². The summed E-state index contributed by atoms with van der Waals surface area (Å²) in [6.07, 6.45) is 0.442. The minimum atomic E-state index is -2.54. The number of hydrogen-bond acceptors (Lipinski definition) is 5. The van der Waals surface area contributed by atoms with Gasteiger partial charge < -0.3 is 22.1 Å². The zero-order valence-electron chi connectivity index (χ0n) is 12.6. The lowest BCUT2D eigenvalue weighted by Crippen LogP contribution is -2.51. The van der Waals surface area contributed by atoms with Crippen LogP contribution in [0.1, 0.15) is 27.7 Å². The van der Waals surface area contributed by atoms with E-state index < -0.39 is 17.4 Å². The molecule has 0 fully saturated rings. The number of rotatable bonds is 11. The molecule has 0 aromatic heterocycles. The van der Waals surface area contributed by atoms with Crippen LogP contribution in [0.15, 0.2) is 0 Å². The van der Waals surface area contributed by atoms with Gasteiger partial charge in [0.05, 0.1) is 6.23 Å². The van der Waals surface area contributed by atoms with Gasteiger partial charge in [0.25, 0.3) is 0 Å². The molecule has 0 saturated carbocycles. The molecule has 0 aromatic carbocycles. The van der Waals surface area contributed by atoms with Crippen LogP contribution in [0.25, 0.3) is 0 Å². The van der Waals surface area contributed by atoms with Crippen LogP contribution in [0.4, 0.5) is 0 Å². The highest BCUT2D eigenvalue weighted by Crippen LogP contribution is 2.15. The van der Waals surface area contributed by atoms with Gasteiger partial charge in [-0.25, -0.2) is 0 Å². The van der Waals surface area contributed by atoms with Crippen LogP contribution in [-0.2, 0) is 22.1 Å². The van der Waals surface area contributed by atoms with E-state index in [-0.39, 0.29) is 0 Å². The molecule has 0 bridgehead atoms. The lowest BCUT2D eigenvalue weighted by molar-refractivity contribution is 0.0706. The number of hydrogen-bond donors (Lipinski definition) is 0. The van der Waals surface area contributed by atoms with Gasteiger partial charge in [-0.3, -0.25) is 0 Å². The maximum absolute atomic E-state index is 5.89. The van der Waals surface area contributed by atoms with Crippen LogP contribution in [0.2, 0.25) is 13.1 Å². The van der Waals surface area contributed by atoms with Gasteiger partial charge in [-0.15, -0.1) is 0 Å². The first kappa shape index (κ1) is 18.2. The highest BCUT2D eigenvalue weighted by molar-refractivity contribution is 6.68. The average Bonchev–Trinajstić information content (AvgIpc) is 2.28. The second-order valence-corrected chi connectivity index (χ2v) is 9.74. The summed E-state index contributed by atoms with van der Waals surface area (Å²) in [5.41, 5.74) is 0. The Kier molecular flexibility index (Phi) is 9.31. The van der Waals surface area contributed by atoms with Gasteiger partial charge >= 0.3 is 17.4 Å². The third-order valence-corrected chi connectivity index (χ3v) is 7.36. The lowest BCUT2D eigenvalue weighted by Gasteiger charge is -2.31. The molecule has 0 N–H and O–H groups in total. The highest BCUT2D eigenvalue weighted by atomic mass is 28.4. The molecule has 0 unspecified atom stereocenters. The molecule has 5 nitrogen and oxygen atoms in total. The summed E-state index contributed by atoms with van der Waals surface area (Å²) in [4.78, 5) is 0. The molecule has 0 aliphatic carbocycles. The SMILES string of the molecule is CCO[Si](C)(CO[Si](C)(OCC)OCC)OCC. The van der Waals surface area contributed by atoms with E-state index in [9.17, 15) is 0 Å². The summed E-state index contributed by atoms with van der Waals surface area (Å²) in [6.45, 7) is 14.2. The van der Waals surface area contributed by atoms with Gasteiger partial charge in [-0.1, -0.05) is 0 Å². The van der Waals surface area contributed by atoms with Crippen LogP contribution < -0.4 is 0 Å². The first-order valence-corrected chi connectivity index (χ1v) is 11.4. The maximum atomic E-state index is 5.89. The Morgan fingerprint density at radius 1 is 0.611 bits per heavy atom. The van der Waals surface area contributed by atoms with E-state index in [4.69, 9.17) is 22.1 Å². The van der Waals surface area contributed by atoms with Gasteiger partial charge in [0.1, 0.15) is 0 Å². The van der Waals surface area contributed by atoms with Gasteiger partial charge in [0, 0.05) is 33.0 Å². The lowest BCUT2D eigenvalue weighted by atomic mass is 10.9. The van der Waals surface area contributed by atoms with Crippen molar-refractivity contribution in [2.75, 3.05) is 32.7 Å². The highest BCUT2D eigenvalue weighted by Gasteiger charge is 2.40. The second kappa shape index (κ2) is 9.19. The van der Waals surface area contributed by atoms with Crippen molar-refractivity contribution in [3.05, 3.63) is 0 Å². The van der Waals surface area contributed by atoms with Gasteiger partial charge in [0.2, 0.25) is 0 Å². The molecular weight excluding hydrogens is 268 g/mol. The molecule has 0 radical (unpaired) electrons. The van der Waals surface area contributed by atoms with E-state index in [1.165, 1.54) is 0 Å². The van der Waals surface area contributed by atoms with Crippen LogP contribution in [0.5, 0.6) is 0 Å². The predicted octanol–water partition coefficient (Wildman–Crippen LogP) is 2.33. The van der Waals surface area contributed by atoms with Crippen molar-refractivity contribution in [1.82, 2.24) is 0 Å². The summed E-state index contributed by atoms with van der Waals surface area (Å²) in [7, 11) is -4.81. The molecule has 0 aliphatic heterocycles. The van der Waals surface area contributed by atoms with Crippen LogP contribution in [0, 0.1) is 0 Å². The zero-order chi connectivity index (χ0) is 14.1. The summed E-state index contributed by atoms with van der Waals surface area (Å²) >= 11 is 0. The van der Waals surface area contributed by atoms with Gasteiger partial charge in [0.15, 0.2) is 0 Å². The van der Waals surface area contributed by atoms with Crippen LogP contribution in [-0.4, -0.2) is 50.0 Å². The molecule has 0 heterocycles. The third-order valence-electron chi connectivity index (χ3n) is 2.31. The standard InChI is InChI=1S/C11H28O5Si2/c1-7-12-17(5,13-8-2)11-16-18(6,14-9-3)15-10-4/h7-11H2,1-6H3. The summed E-state index contributed by atoms with van der Waals surface area (Å²) in [5.74, 6) is 0. The maximum Gasteiger partial charge on any atom is 0.497 e. The average molecular weight is 297 g/mol. The second-order valence-electron chi connectivity index (χ2n) is 4.02. The van der Waals surface area contributed by atoms with Crippen molar-refractivity contribution in [2.24, 2.45) is 0 Å². The summed E-state index contributed by atoms with van der Waals surface area (Å²) < 4.78 is 28.6. The Bertz CT molecular complexity index is 182.